The highest BCUT2D eigenvalue weighted by molar-refractivity contribution is 9.10. The summed E-state index contributed by atoms with van der Waals surface area (Å²) < 4.78 is 39.6. The topological polar surface area (TPSA) is 0 Å². The first-order valence-corrected chi connectivity index (χ1v) is 6.11. The Bertz CT molecular complexity index is 573. The lowest BCUT2D eigenvalue weighted by atomic mass is 9.98. The fourth-order valence-corrected chi connectivity index (χ4v) is 2.04. The zero-order valence-electron chi connectivity index (χ0n) is 9.55. The average Bonchev–Trinajstić information content (AvgIpc) is 2.32. The predicted octanol–water partition coefficient (Wildman–Crippen LogP) is 5.44. The molecule has 2 aromatic carbocycles. The van der Waals surface area contributed by atoms with Crippen LogP contribution in [-0.4, -0.2) is 0 Å². The van der Waals surface area contributed by atoms with E-state index in [4.69, 9.17) is 0 Å². The van der Waals surface area contributed by atoms with Crippen molar-refractivity contribution in [1.82, 2.24) is 0 Å². The van der Waals surface area contributed by atoms with Crippen LogP contribution in [0.1, 0.15) is 11.1 Å². The molecule has 0 aromatic heterocycles. The summed E-state index contributed by atoms with van der Waals surface area (Å²) in [6.07, 6.45) is -4.34. The molecule has 0 amide bonds. The minimum absolute atomic E-state index is 0.209. The SMILES string of the molecule is Cc1cc(-c2ccccc2C(F)(F)F)ccc1Br. The van der Waals surface area contributed by atoms with Crippen LogP contribution in [0, 0.1) is 6.92 Å². The van der Waals surface area contributed by atoms with Gasteiger partial charge >= 0.3 is 6.18 Å². The second kappa shape index (κ2) is 4.76. The van der Waals surface area contributed by atoms with Crippen molar-refractivity contribution in [3.63, 3.8) is 0 Å². The van der Waals surface area contributed by atoms with E-state index in [0.29, 0.717) is 5.56 Å². The van der Waals surface area contributed by atoms with Gasteiger partial charge in [-0.2, -0.15) is 13.2 Å². The summed E-state index contributed by atoms with van der Waals surface area (Å²) in [6, 6.07) is 10.8. The summed E-state index contributed by atoms with van der Waals surface area (Å²) in [5, 5.41) is 0. The van der Waals surface area contributed by atoms with Gasteiger partial charge in [0.05, 0.1) is 5.56 Å². The molecule has 0 radical (unpaired) electrons. The molecule has 4 heteroatoms. The van der Waals surface area contributed by atoms with Gasteiger partial charge in [-0.05, 0) is 35.7 Å². The predicted molar refractivity (Wildman–Crippen MR) is 69.3 cm³/mol. The van der Waals surface area contributed by atoms with Crippen LogP contribution in [0.15, 0.2) is 46.9 Å². The number of rotatable bonds is 1. The number of benzene rings is 2. The van der Waals surface area contributed by atoms with E-state index in [9.17, 15) is 13.2 Å². The van der Waals surface area contributed by atoms with Crippen molar-refractivity contribution in [2.24, 2.45) is 0 Å². The quantitative estimate of drug-likeness (QED) is 0.657. The van der Waals surface area contributed by atoms with Crippen LogP contribution in [0.5, 0.6) is 0 Å². The summed E-state index contributed by atoms with van der Waals surface area (Å²) in [7, 11) is 0. The molecule has 0 aliphatic rings. The van der Waals surface area contributed by atoms with Crippen molar-refractivity contribution in [2.75, 3.05) is 0 Å². The van der Waals surface area contributed by atoms with Crippen molar-refractivity contribution in [3.8, 4) is 11.1 Å². The summed E-state index contributed by atoms with van der Waals surface area (Å²) >= 11 is 3.34. The molecule has 0 aliphatic heterocycles. The van der Waals surface area contributed by atoms with Crippen molar-refractivity contribution in [2.45, 2.75) is 13.1 Å². The normalized spacial score (nSPS) is 11.6. The minimum atomic E-state index is -4.34. The van der Waals surface area contributed by atoms with Gasteiger partial charge < -0.3 is 0 Å². The van der Waals surface area contributed by atoms with Crippen LogP contribution in [-0.2, 0) is 6.18 Å². The molecule has 0 N–H and O–H groups in total. The van der Waals surface area contributed by atoms with Gasteiger partial charge in [0, 0.05) is 4.47 Å². The first-order valence-electron chi connectivity index (χ1n) is 5.32. The average molecular weight is 315 g/mol. The molecule has 0 saturated carbocycles. The summed E-state index contributed by atoms with van der Waals surface area (Å²) in [5.41, 5.74) is 1.08. The van der Waals surface area contributed by atoms with Gasteiger partial charge in [-0.15, -0.1) is 0 Å². The van der Waals surface area contributed by atoms with Crippen LogP contribution >= 0.6 is 15.9 Å². The summed E-state index contributed by atoms with van der Waals surface area (Å²) in [4.78, 5) is 0. The fraction of sp³-hybridized carbons (Fsp3) is 0.143. The lowest BCUT2D eigenvalue weighted by Gasteiger charge is -2.13. The van der Waals surface area contributed by atoms with E-state index in [1.807, 2.05) is 6.92 Å². The molecule has 0 unspecified atom stereocenters. The highest BCUT2D eigenvalue weighted by Gasteiger charge is 2.33. The largest absolute Gasteiger partial charge is 0.417 e. The van der Waals surface area contributed by atoms with Gasteiger partial charge in [-0.25, -0.2) is 0 Å². The Morgan fingerprint density at radius 1 is 1.00 bits per heavy atom. The lowest BCUT2D eigenvalue weighted by Crippen LogP contribution is -2.06. The molecule has 0 nitrogen and oxygen atoms in total. The molecule has 0 aliphatic carbocycles. The second-order valence-electron chi connectivity index (χ2n) is 4.01. The molecule has 94 valence electrons. The molecule has 0 fully saturated rings. The zero-order chi connectivity index (χ0) is 13.3. The van der Waals surface area contributed by atoms with Crippen molar-refractivity contribution in [1.29, 1.82) is 0 Å². The Hall–Kier alpha value is -1.29. The fourth-order valence-electron chi connectivity index (χ4n) is 1.79. The molecule has 0 heterocycles. The first-order chi connectivity index (χ1) is 8.39. The molecule has 18 heavy (non-hydrogen) atoms. The smallest absolute Gasteiger partial charge is 0.166 e. The maximum atomic E-state index is 12.9. The number of halogens is 4. The monoisotopic (exact) mass is 314 g/mol. The van der Waals surface area contributed by atoms with Crippen LogP contribution in [0.3, 0.4) is 0 Å². The van der Waals surface area contributed by atoms with Gasteiger partial charge in [-0.1, -0.05) is 46.3 Å². The maximum absolute atomic E-state index is 12.9. The maximum Gasteiger partial charge on any atom is 0.417 e. The molecule has 0 spiro atoms. The third kappa shape index (κ3) is 2.58. The molecular weight excluding hydrogens is 305 g/mol. The Labute approximate surface area is 112 Å². The number of hydrogen-bond donors (Lipinski definition) is 0. The van der Waals surface area contributed by atoms with Gasteiger partial charge in [0.25, 0.3) is 0 Å². The first kappa shape index (κ1) is 13.1. The van der Waals surface area contributed by atoms with E-state index in [-0.39, 0.29) is 5.56 Å². The van der Waals surface area contributed by atoms with Crippen LogP contribution < -0.4 is 0 Å². The van der Waals surface area contributed by atoms with E-state index in [2.05, 4.69) is 15.9 Å². The Kier molecular flexibility index (Phi) is 3.48. The van der Waals surface area contributed by atoms with Gasteiger partial charge in [0.2, 0.25) is 0 Å². The Morgan fingerprint density at radius 2 is 1.67 bits per heavy atom. The zero-order valence-corrected chi connectivity index (χ0v) is 11.1. The standard InChI is InChI=1S/C14H10BrF3/c1-9-8-10(6-7-13(9)15)11-4-2-3-5-12(11)14(16,17)18/h2-8H,1H3. The lowest BCUT2D eigenvalue weighted by molar-refractivity contribution is -0.137. The molecular formula is C14H10BrF3. The van der Waals surface area contributed by atoms with Gasteiger partial charge in [0.15, 0.2) is 0 Å². The van der Waals surface area contributed by atoms with E-state index < -0.39 is 11.7 Å². The highest BCUT2D eigenvalue weighted by Crippen LogP contribution is 2.37. The molecule has 2 rings (SSSR count). The van der Waals surface area contributed by atoms with Crippen molar-refractivity contribution >= 4 is 15.9 Å². The number of hydrogen-bond acceptors (Lipinski definition) is 0. The Morgan fingerprint density at radius 3 is 2.28 bits per heavy atom. The number of aryl methyl sites for hydroxylation is 1. The van der Waals surface area contributed by atoms with Gasteiger partial charge in [0.1, 0.15) is 0 Å². The Balaban J connectivity index is 2.61. The third-order valence-corrected chi connectivity index (χ3v) is 3.59. The van der Waals surface area contributed by atoms with E-state index in [1.165, 1.54) is 12.1 Å². The highest BCUT2D eigenvalue weighted by atomic mass is 79.9. The second-order valence-corrected chi connectivity index (χ2v) is 4.86. The van der Waals surface area contributed by atoms with E-state index in [0.717, 1.165) is 16.1 Å². The van der Waals surface area contributed by atoms with E-state index >= 15 is 0 Å². The van der Waals surface area contributed by atoms with Crippen molar-refractivity contribution in [3.05, 3.63) is 58.1 Å². The summed E-state index contributed by atoms with van der Waals surface area (Å²) in [5.74, 6) is 0. The van der Waals surface area contributed by atoms with Crippen LogP contribution in [0.25, 0.3) is 11.1 Å². The van der Waals surface area contributed by atoms with Gasteiger partial charge in [-0.3, -0.25) is 0 Å². The summed E-state index contributed by atoms with van der Waals surface area (Å²) in [6.45, 7) is 1.85. The third-order valence-electron chi connectivity index (χ3n) is 2.70. The molecule has 0 saturated heterocycles. The number of alkyl halides is 3. The van der Waals surface area contributed by atoms with Crippen LogP contribution in [0.2, 0.25) is 0 Å². The van der Waals surface area contributed by atoms with Crippen molar-refractivity contribution < 1.29 is 13.2 Å². The molecule has 0 bridgehead atoms. The minimum Gasteiger partial charge on any atom is -0.166 e. The molecule has 0 atom stereocenters. The van der Waals surface area contributed by atoms with Crippen LogP contribution in [0.4, 0.5) is 13.2 Å². The molecule has 2 aromatic rings. The van der Waals surface area contributed by atoms with E-state index in [1.54, 1.807) is 24.3 Å².